The molecule has 0 fully saturated rings. The van der Waals surface area contributed by atoms with Gasteiger partial charge in [-0.25, -0.2) is 4.79 Å². The van der Waals surface area contributed by atoms with Crippen molar-refractivity contribution in [2.75, 3.05) is 21.3 Å². The van der Waals surface area contributed by atoms with E-state index < -0.39 is 13.1 Å². The number of carboxylic acids is 1. The molecule has 7 N–H and O–H groups in total. The molecule has 8 aromatic carbocycles. The van der Waals surface area contributed by atoms with Crippen LogP contribution < -0.4 is 5.46 Å². The van der Waals surface area contributed by atoms with Gasteiger partial charge in [-0.15, -0.1) is 0 Å². The van der Waals surface area contributed by atoms with Crippen LogP contribution in [0.4, 0.5) is 0 Å². The topological polar surface area (TPSA) is 203 Å². The standard InChI is InChI=1S/C18H15NO2.C17H15NO2.C14H11N.C8H7N.C6H7BO2.C6H12O3.8C2H6/c1-21-17(20)12-11-15-14-9-5-6-10-16(14)19-18(15)13-7-3-2-4-8-13;19-16(20)11-10-14-13-8-4-5-9-15(13)18-17(14)12-6-2-1-3-7-12;1-2-6-11(7-3-1)14-10-12-8-4-5-9-13(12)15-14;1-2-4-8-7(3-1)5-6-9-8;8-7(9)6-4-2-1-3-5-6;1-5(8-2)4-6(7)9-3;8*1-2/h2-12,19H,1H3;1-9,18H,10-11H2,(H,19,20);1-10,15H;1-6,9H;1-5,8-9H;5H,4H2,1-3H3;8*1-2H3/b12-11+;;;;;;;;;;;;;. The Morgan fingerprint density at radius 3 is 1.32 bits per heavy atom. The first-order valence-corrected chi connectivity index (χ1v) is 34.9. The third-order valence-corrected chi connectivity index (χ3v) is 13.1. The van der Waals surface area contributed by atoms with E-state index in [0.29, 0.717) is 18.3 Å². The van der Waals surface area contributed by atoms with Gasteiger partial charge in [-0.3, -0.25) is 9.59 Å². The van der Waals surface area contributed by atoms with Gasteiger partial charge in [0.05, 0.1) is 32.4 Å². The molecule has 0 radical (unpaired) electrons. The van der Waals surface area contributed by atoms with Gasteiger partial charge in [0.1, 0.15) is 0 Å². The Labute approximate surface area is 592 Å². The zero-order valence-electron chi connectivity index (χ0n) is 62.7. The van der Waals surface area contributed by atoms with Crippen molar-refractivity contribution in [1.29, 1.82) is 0 Å². The highest BCUT2D eigenvalue weighted by molar-refractivity contribution is 6.58. The summed E-state index contributed by atoms with van der Waals surface area (Å²) in [4.78, 5) is 46.1. The van der Waals surface area contributed by atoms with Crippen molar-refractivity contribution in [2.24, 2.45) is 0 Å². The maximum atomic E-state index is 11.4. The van der Waals surface area contributed by atoms with Crippen LogP contribution in [0.15, 0.2) is 243 Å². The molecular weight excluding hydrogens is 1230 g/mol. The largest absolute Gasteiger partial charge is 0.488 e. The third-order valence-electron chi connectivity index (χ3n) is 13.1. The number of methoxy groups -OCH3 is 3. The van der Waals surface area contributed by atoms with Gasteiger partial charge in [-0.05, 0) is 88.9 Å². The number of fused-ring (bicyclic) bond motifs is 4. The van der Waals surface area contributed by atoms with E-state index in [-0.39, 0.29) is 24.5 Å². The highest BCUT2D eigenvalue weighted by Gasteiger charge is 2.15. The summed E-state index contributed by atoms with van der Waals surface area (Å²) < 4.78 is 13.9. The van der Waals surface area contributed by atoms with Crippen molar-refractivity contribution in [3.8, 4) is 33.8 Å². The maximum Gasteiger partial charge on any atom is 0.488 e. The molecule has 0 aliphatic heterocycles. The summed E-state index contributed by atoms with van der Waals surface area (Å²) in [6.07, 6.45) is 6.15. The Morgan fingerprint density at radius 1 is 0.455 bits per heavy atom. The minimum Gasteiger partial charge on any atom is -0.481 e. The number of aromatic nitrogens is 4. The molecule has 0 saturated heterocycles. The fourth-order valence-corrected chi connectivity index (χ4v) is 8.80. The third kappa shape index (κ3) is 33.2. The molecule has 0 amide bonds. The first-order valence-electron chi connectivity index (χ1n) is 34.9. The summed E-state index contributed by atoms with van der Waals surface area (Å²) >= 11 is 0. The molecule has 0 aliphatic rings. The fourth-order valence-electron chi connectivity index (χ4n) is 8.80. The number of aromatic amines is 4. The molecule has 0 saturated carbocycles. The molecule has 0 aliphatic carbocycles. The number of aryl methyl sites for hydroxylation is 1. The number of benzene rings is 8. The normalized spacial score (nSPS) is 9.56. The SMILES string of the molecule is CC.CC.CC.CC.CC.CC.CC.CC.COC(=O)/C=C/c1c(-c2ccccc2)[nH]c2ccccc12.COC(=O)CC(C)OC.O=C(O)CCc1c(-c2ccccc2)[nH]c2ccccc12.OB(O)c1ccccc1.c1ccc(-c2cc3ccccc3[nH]2)cc1.c1ccc2[nH]ccc2c1. The van der Waals surface area contributed by atoms with E-state index >= 15 is 0 Å². The predicted octanol–water partition coefficient (Wildman–Crippen LogP) is 22.0. The second kappa shape index (κ2) is 58.2. The van der Waals surface area contributed by atoms with E-state index in [9.17, 15) is 14.4 Å². The number of ether oxygens (including phenoxy) is 3. The van der Waals surface area contributed by atoms with E-state index in [1.165, 1.54) is 53.4 Å². The summed E-state index contributed by atoms with van der Waals surface area (Å²) in [6.45, 7) is 33.8. The molecule has 4 aromatic heterocycles. The maximum absolute atomic E-state index is 11.4. The zero-order valence-corrected chi connectivity index (χ0v) is 62.7. The molecule has 99 heavy (non-hydrogen) atoms. The Hall–Kier alpha value is -9.99. The number of hydrogen-bond donors (Lipinski definition) is 7. The smallest absolute Gasteiger partial charge is 0.481 e. The van der Waals surface area contributed by atoms with Gasteiger partial charge in [0, 0.05) is 81.0 Å². The average Bonchev–Trinajstić information content (AvgIpc) is 1.66. The molecule has 1 unspecified atom stereocenters. The number of nitrogens with one attached hydrogen (secondary N) is 4. The minimum absolute atomic E-state index is 0.0440. The predicted molar refractivity (Wildman–Crippen MR) is 427 cm³/mol. The van der Waals surface area contributed by atoms with Crippen LogP contribution in [-0.2, 0) is 35.0 Å². The number of aliphatic carboxylic acids is 1. The van der Waals surface area contributed by atoms with Crippen LogP contribution in [0.2, 0.25) is 0 Å². The first-order chi connectivity index (χ1) is 48.5. The summed E-state index contributed by atoms with van der Waals surface area (Å²) in [5.41, 5.74) is 13.7. The number of H-pyrrole nitrogens is 4. The number of esters is 2. The van der Waals surface area contributed by atoms with Gasteiger partial charge in [0.2, 0.25) is 0 Å². The zero-order chi connectivity index (χ0) is 74.8. The quantitative estimate of drug-likeness (QED) is 0.0353. The van der Waals surface area contributed by atoms with Crippen LogP contribution in [0.25, 0.3) is 83.5 Å². The lowest BCUT2D eigenvalue weighted by atomic mass is 9.81. The van der Waals surface area contributed by atoms with Crippen LogP contribution in [0.1, 0.15) is 142 Å². The molecule has 13 nitrogen and oxygen atoms in total. The van der Waals surface area contributed by atoms with E-state index in [0.717, 1.165) is 55.4 Å². The molecular formula is C85H115BN4O9. The molecule has 0 bridgehead atoms. The van der Waals surface area contributed by atoms with Gasteiger partial charge in [0.25, 0.3) is 0 Å². The lowest BCUT2D eigenvalue weighted by Crippen LogP contribution is -2.29. The molecule has 14 heteroatoms. The number of carbonyl (C=O) groups is 3. The van der Waals surface area contributed by atoms with E-state index in [4.69, 9.17) is 19.9 Å². The second-order valence-electron chi connectivity index (χ2n) is 18.8. The number of carboxylic acid groups (broad SMARTS) is 1. The summed E-state index contributed by atoms with van der Waals surface area (Å²) in [7, 11) is 2.96. The molecule has 1 atom stereocenters. The van der Waals surface area contributed by atoms with Crippen LogP contribution in [0, 0.1) is 0 Å². The lowest BCUT2D eigenvalue weighted by Gasteiger charge is -2.05. The second-order valence-corrected chi connectivity index (χ2v) is 18.8. The Kier molecular flexibility index (Phi) is 53.5. The van der Waals surface area contributed by atoms with Crippen molar-refractivity contribution in [2.45, 2.75) is 143 Å². The van der Waals surface area contributed by atoms with Crippen molar-refractivity contribution < 1.29 is 43.7 Å². The van der Waals surface area contributed by atoms with E-state index in [1.54, 1.807) is 37.5 Å². The van der Waals surface area contributed by atoms with Crippen LogP contribution in [0.5, 0.6) is 0 Å². The highest BCUT2D eigenvalue weighted by atomic mass is 16.5. The lowest BCUT2D eigenvalue weighted by molar-refractivity contribution is -0.143. The van der Waals surface area contributed by atoms with Gasteiger partial charge in [0.15, 0.2) is 0 Å². The van der Waals surface area contributed by atoms with Crippen molar-refractivity contribution in [3.05, 3.63) is 254 Å². The molecule has 12 rings (SSSR count). The number of para-hydroxylation sites is 4. The molecule has 0 spiro atoms. The minimum atomic E-state index is -1.34. The highest BCUT2D eigenvalue weighted by Crippen LogP contribution is 2.33. The van der Waals surface area contributed by atoms with Gasteiger partial charge in [-0.2, -0.15) is 0 Å². The summed E-state index contributed by atoms with van der Waals surface area (Å²) in [5, 5.41) is 30.8. The van der Waals surface area contributed by atoms with Gasteiger partial charge >= 0.3 is 25.0 Å². The van der Waals surface area contributed by atoms with Gasteiger partial charge < -0.3 is 49.3 Å². The Morgan fingerprint density at radius 2 is 0.869 bits per heavy atom. The van der Waals surface area contributed by atoms with E-state index in [2.05, 4.69) is 96.1 Å². The summed E-state index contributed by atoms with van der Waals surface area (Å²) in [5.74, 6) is -1.36. The van der Waals surface area contributed by atoms with Crippen molar-refractivity contribution >= 4 is 80.2 Å². The van der Waals surface area contributed by atoms with Crippen molar-refractivity contribution in [1.82, 2.24) is 19.9 Å². The van der Waals surface area contributed by atoms with Crippen LogP contribution in [0.3, 0.4) is 0 Å². The van der Waals surface area contributed by atoms with Crippen molar-refractivity contribution in [3.63, 3.8) is 0 Å². The summed E-state index contributed by atoms with van der Waals surface area (Å²) in [6, 6.07) is 76.0. The van der Waals surface area contributed by atoms with Gasteiger partial charge in [-0.1, -0.05) is 305 Å². The molecule has 532 valence electrons. The fraction of sp³-hybridized carbons (Fsp3) is 0.282. The molecule has 4 heterocycles. The number of hydrogen-bond acceptors (Lipinski definition) is 8. The number of carbonyl (C=O) groups excluding carboxylic acids is 2. The van der Waals surface area contributed by atoms with Crippen LogP contribution >= 0.6 is 0 Å². The molecule has 12 aromatic rings. The number of rotatable bonds is 12. The Balaban J connectivity index is 0. The monoisotopic (exact) mass is 1350 g/mol. The van der Waals surface area contributed by atoms with Crippen LogP contribution in [-0.4, -0.2) is 87.6 Å². The first kappa shape index (κ1) is 91.1. The van der Waals surface area contributed by atoms with E-state index in [1.807, 2.05) is 263 Å². The average molecular weight is 1350 g/mol. The Bertz CT molecular complexity index is 3870.